The number of hydrogen-bond donors (Lipinski definition) is 1. The SMILES string of the molecule is CCC.CCCOCCC.CCCOCCOP(=O)(O)OCCOCCC. The van der Waals surface area contributed by atoms with Crippen molar-refractivity contribution in [2.24, 2.45) is 0 Å². The Morgan fingerprint density at radius 1 is 0.556 bits per heavy atom. The van der Waals surface area contributed by atoms with Gasteiger partial charge in [-0.25, -0.2) is 4.57 Å². The van der Waals surface area contributed by atoms with Gasteiger partial charge in [-0.15, -0.1) is 0 Å². The van der Waals surface area contributed by atoms with Crippen molar-refractivity contribution in [1.29, 1.82) is 0 Å². The number of phosphoric ester groups is 1. The lowest BCUT2D eigenvalue weighted by Crippen LogP contribution is -2.08. The first kappa shape index (κ1) is 31.7. The molecular weight excluding hydrogens is 371 g/mol. The van der Waals surface area contributed by atoms with Crippen molar-refractivity contribution in [3.05, 3.63) is 0 Å². The molecule has 0 radical (unpaired) electrons. The van der Waals surface area contributed by atoms with Gasteiger partial charge in [0.2, 0.25) is 0 Å². The van der Waals surface area contributed by atoms with Crippen LogP contribution in [0.3, 0.4) is 0 Å². The van der Waals surface area contributed by atoms with Crippen LogP contribution in [0.4, 0.5) is 0 Å². The highest BCUT2D eigenvalue weighted by molar-refractivity contribution is 7.47. The summed E-state index contributed by atoms with van der Waals surface area (Å²) in [4.78, 5) is 9.23. The first-order chi connectivity index (χ1) is 12.9. The van der Waals surface area contributed by atoms with E-state index in [-0.39, 0.29) is 26.4 Å². The molecule has 0 bridgehead atoms. The summed E-state index contributed by atoms with van der Waals surface area (Å²) in [5.74, 6) is 0. The molecule has 0 aromatic rings. The van der Waals surface area contributed by atoms with E-state index in [0.717, 1.165) is 38.9 Å². The van der Waals surface area contributed by atoms with Crippen LogP contribution >= 0.6 is 7.82 Å². The molecule has 0 saturated heterocycles. The molecule has 0 aliphatic heterocycles. The third-order valence-electron chi connectivity index (χ3n) is 2.36. The minimum atomic E-state index is -3.95. The van der Waals surface area contributed by atoms with Gasteiger partial charge in [0.05, 0.1) is 26.4 Å². The second kappa shape index (κ2) is 28.2. The lowest BCUT2D eigenvalue weighted by Gasteiger charge is -2.12. The quantitative estimate of drug-likeness (QED) is 0.273. The molecule has 0 aromatic heterocycles. The summed E-state index contributed by atoms with van der Waals surface area (Å²) in [6.45, 7) is 16.2. The van der Waals surface area contributed by atoms with Gasteiger partial charge < -0.3 is 19.1 Å². The van der Waals surface area contributed by atoms with Gasteiger partial charge in [-0.3, -0.25) is 9.05 Å². The van der Waals surface area contributed by atoms with Crippen LogP contribution in [0.15, 0.2) is 0 Å². The number of rotatable bonds is 16. The molecule has 0 aliphatic rings. The van der Waals surface area contributed by atoms with Crippen molar-refractivity contribution in [3.63, 3.8) is 0 Å². The van der Waals surface area contributed by atoms with Crippen molar-refractivity contribution < 1.29 is 32.7 Å². The maximum Gasteiger partial charge on any atom is 0.472 e. The van der Waals surface area contributed by atoms with Gasteiger partial charge in [0, 0.05) is 26.4 Å². The minimum absolute atomic E-state index is 0.0452. The van der Waals surface area contributed by atoms with E-state index in [0.29, 0.717) is 13.2 Å². The fraction of sp³-hybridized carbons (Fsp3) is 1.00. The van der Waals surface area contributed by atoms with Crippen molar-refractivity contribution >= 4 is 7.82 Å². The van der Waals surface area contributed by atoms with Crippen LogP contribution < -0.4 is 0 Å². The van der Waals surface area contributed by atoms with Crippen molar-refractivity contribution in [3.8, 4) is 0 Å². The summed E-state index contributed by atoms with van der Waals surface area (Å²) < 4.78 is 36.0. The average molecular weight is 417 g/mol. The second-order valence-corrected chi connectivity index (χ2v) is 7.13. The van der Waals surface area contributed by atoms with Crippen LogP contribution in [0.2, 0.25) is 0 Å². The molecule has 1 N–H and O–H groups in total. The van der Waals surface area contributed by atoms with E-state index in [2.05, 4.69) is 27.7 Å². The fourth-order valence-corrected chi connectivity index (χ4v) is 2.03. The van der Waals surface area contributed by atoms with Gasteiger partial charge >= 0.3 is 7.82 Å². The average Bonchev–Trinajstić information content (AvgIpc) is 2.63. The molecule has 7 nitrogen and oxygen atoms in total. The smallest absolute Gasteiger partial charge is 0.381 e. The molecule has 0 saturated carbocycles. The summed E-state index contributed by atoms with van der Waals surface area (Å²) in [5.41, 5.74) is 0. The van der Waals surface area contributed by atoms with E-state index >= 15 is 0 Å². The molecule has 0 heterocycles. The fourth-order valence-electron chi connectivity index (χ4n) is 1.34. The highest BCUT2D eigenvalue weighted by Gasteiger charge is 2.20. The Kier molecular flexibility index (Phi) is 33.1. The van der Waals surface area contributed by atoms with Gasteiger partial charge in [0.1, 0.15) is 0 Å². The van der Waals surface area contributed by atoms with E-state index in [1.165, 1.54) is 6.42 Å². The standard InChI is InChI=1S/C10H23O6P.C6H14O.C3H8/c1-3-5-13-7-9-15-17(11,12)16-10-8-14-6-4-2;1-3-5-7-6-4-2;1-3-2/h3-10H2,1-2H3,(H,11,12);3-6H2,1-2H3;3H2,1-2H3. The van der Waals surface area contributed by atoms with E-state index in [9.17, 15) is 9.46 Å². The van der Waals surface area contributed by atoms with E-state index < -0.39 is 7.82 Å². The third kappa shape index (κ3) is 37.4. The van der Waals surface area contributed by atoms with Gasteiger partial charge in [-0.05, 0) is 25.7 Å². The van der Waals surface area contributed by atoms with Crippen LogP contribution in [0.25, 0.3) is 0 Å². The Hall–Kier alpha value is -0.0100. The normalized spacial score (nSPS) is 10.6. The maximum absolute atomic E-state index is 11.3. The summed E-state index contributed by atoms with van der Waals surface area (Å²) >= 11 is 0. The molecule has 8 heteroatoms. The van der Waals surface area contributed by atoms with Crippen LogP contribution in [0.1, 0.15) is 73.6 Å². The van der Waals surface area contributed by atoms with Gasteiger partial charge in [0.25, 0.3) is 0 Å². The topological polar surface area (TPSA) is 83.5 Å². The molecule has 0 aromatic carbocycles. The molecule has 0 amide bonds. The predicted octanol–water partition coefficient (Wildman–Crippen LogP) is 5.21. The third-order valence-corrected chi connectivity index (χ3v) is 3.38. The van der Waals surface area contributed by atoms with Crippen LogP contribution in [-0.2, 0) is 27.8 Å². The minimum Gasteiger partial charge on any atom is -0.381 e. The maximum atomic E-state index is 11.3. The van der Waals surface area contributed by atoms with Gasteiger partial charge in [-0.1, -0.05) is 48.0 Å². The summed E-state index contributed by atoms with van der Waals surface area (Å²) in [6.07, 6.45) is 5.34. The molecule has 27 heavy (non-hydrogen) atoms. The van der Waals surface area contributed by atoms with Crippen LogP contribution in [0.5, 0.6) is 0 Å². The highest BCUT2D eigenvalue weighted by atomic mass is 31.2. The highest BCUT2D eigenvalue weighted by Crippen LogP contribution is 2.42. The lowest BCUT2D eigenvalue weighted by molar-refractivity contribution is 0.0584. The molecular formula is C19H45O7P. The Labute approximate surface area is 167 Å². The number of hydrogen-bond acceptors (Lipinski definition) is 6. The number of phosphoric acid groups is 1. The second-order valence-electron chi connectivity index (χ2n) is 5.68. The first-order valence-corrected chi connectivity index (χ1v) is 11.8. The van der Waals surface area contributed by atoms with Crippen molar-refractivity contribution in [2.45, 2.75) is 73.6 Å². The predicted molar refractivity (Wildman–Crippen MR) is 111 cm³/mol. The molecule has 0 unspecified atom stereocenters. The Morgan fingerprint density at radius 3 is 1.07 bits per heavy atom. The zero-order valence-corrected chi connectivity index (χ0v) is 19.4. The molecule has 0 fully saturated rings. The Balaban J connectivity index is -0.000000476. The summed E-state index contributed by atoms with van der Waals surface area (Å²) in [5, 5.41) is 0. The van der Waals surface area contributed by atoms with E-state index in [1.807, 2.05) is 13.8 Å². The van der Waals surface area contributed by atoms with Gasteiger partial charge in [-0.2, -0.15) is 0 Å². The lowest BCUT2D eigenvalue weighted by atomic mass is 10.5. The Bertz CT molecular complexity index is 269. The molecule has 0 rings (SSSR count). The number of ether oxygens (including phenoxy) is 3. The Morgan fingerprint density at radius 2 is 0.815 bits per heavy atom. The van der Waals surface area contributed by atoms with Crippen molar-refractivity contribution in [2.75, 3.05) is 52.9 Å². The monoisotopic (exact) mass is 416 g/mol. The van der Waals surface area contributed by atoms with Crippen LogP contribution in [0, 0.1) is 0 Å². The zero-order valence-electron chi connectivity index (χ0n) is 18.5. The summed E-state index contributed by atoms with van der Waals surface area (Å²) in [6, 6.07) is 0. The summed E-state index contributed by atoms with van der Waals surface area (Å²) in [7, 11) is -3.95. The van der Waals surface area contributed by atoms with E-state index in [1.54, 1.807) is 0 Å². The van der Waals surface area contributed by atoms with E-state index in [4.69, 9.17) is 23.3 Å². The van der Waals surface area contributed by atoms with Gasteiger partial charge in [0.15, 0.2) is 0 Å². The van der Waals surface area contributed by atoms with Crippen LogP contribution in [-0.4, -0.2) is 57.7 Å². The molecule has 0 atom stereocenters. The molecule has 0 spiro atoms. The first-order valence-electron chi connectivity index (χ1n) is 10.3. The molecule has 0 aliphatic carbocycles. The van der Waals surface area contributed by atoms with Crippen molar-refractivity contribution in [1.82, 2.24) is 0 Å². The molecule has 168 valence electrons. The zero-order chi connectivity index (χ0) is 21.2. The largest absolute Gasteiger partial charge is 0.472 e.